The summed E-state index contributed by atoms with van der Waals surface area (Å²) in [5, 5.41) is 0. The van der Waals surface area contributed by atoms with E-state index in [0.29, 0.717) is 23.5 Å². The first-order chi connectivity index (χ1) is 10.2. The van der Waals surface area contributed by atoms with Gasteiger partial charge in [-0.1, -0.05) is 30.3 Å². The van der Waals surface area contributed by atoms with Crippen LogP contribution in [0.4, 0.5) is 5.69 Å². The number of amides is 1. The van der Waals surface area contributed by atoms with Gasteiger partial charge in [-0.15, -0.1) is 0 Å². The van der Waals surface area contributed by atoms with E-state index < -0.39 is 6.10 Å². The summed E-state index contributed by atoms with van der Waals surface area (Å²) < 4.78 is 5.60. The minimum atomic E-state index is -0.525. The molecule has 4 heteroatoms. The van der Waals surface area contributed by atoms with E-state index in [4.69, 9.17) is 4.74 Å². The topological polar surface area (TPSA) is 46.6 Å². The highest BCUT2D eigenvalue weighted by Crippen LogP contribution is 2.35. The number of hydrogen-bond acceptors (Lipinski definition) is 3. The Balaban J connectivity index is 2.02. The van der Waals surface area contributed by atoms with Crippen molar-refractivity contribution >= 4 is 17.9 Å². The standard InChI is InChI=1S/C17H15NO3/c1-12-17(20)18(10-13-5-3-2-4-6-13)15-9-14(11-19)7-8-16(15)21-12/h2-9,11-12H,10H2,1H3. The van der Waals surface area contributed by atoms with Crippen LogP contribution in [0.25, 0.3) is 0 Å². The molecular weight excluding hydrogens is 266 g/mol. The Bertz CT molecular complexity index is 682. The first-order valence-corrected chi connectivity index (χ1v) is 6.80. The van der Waals surface area contributed by atoms with E-state index in [1.54, 1.807) is 30.0 Å². The number of anilines is 1. The van der Waals surface area contributed by atoms with Crippen LogP contribution < -0.4 is 9.64 Å². The highest BCUT2D eigenvalue weighted by atomic mass is 16.5. The molecule has 2 aromatic carbocycles. The average molecular weight is 281 g/mol. The van der Waals surface area contributed by atoms with Crippen molar-refractivity contribution in [1.82, 2.24) is 0 Å². The van der Waals surface area contributed by atoms with Gasteiger partial charge in [-0.25, -0.2) is 0 Å². The highest BCUT2D eigenvalue weighted by molar-refractivity contribution is 6.00. The van der Waals surface area contributed by atoms with E-state index in [0.717, 1.165) is 11.8 Å². The fraction of sp³-hybridized carbons (Fsp3) is 0.176. The zero-order chi connectivity index (χ0) is 14.8. The number of rotatable bonds is 3. The molecule has 2 aromatic rings. The lowest BCUT2D eigenvalue weighted by Gasteiger charge is -2.33. The van der Waals surface area contributed by atoms with Gasteiger partial charge in [-0.3, -0.25) is 9.59 Å². The summed E-state index contributed by atoms with van der Waals surface area (Å²) in [6, 6.07) is 14.9. The Kier molecular flexibility index (Phi) is 3.44. The van der Waals surface area contributed by atoms with Crippen molar-refractivity contribution in [2.75, 3.05) is 4.90 Å². The molecule has 1 aliphatic heterocycles. The normalized spacial score (nSPS) is 17.1. The molecule has 0 fully saturated rings. The van der Waals surface area contributed by atoms with Gasteiger partial charge in [0.1, 0.15) is 12.0 Å². The van der Waals surface area contributed by atoms with Gasteiger partial charge < -0.3 is 9.64 Å². The van der Waals surface area contributed by atoms with E-state index in [-0.39, 0.29) is 5.91 Å². The molecule has 1 amide bonds. The lowest BCUT2D eigenvalue weighted by Crippen LogP contribution is -2.44. The summed E-state index contributed by atoms with van der Waals surface area (Å²) in [6.07, 6.45) is 0.243. The van der Waals surface area contributed by atoms with E-state index >= 15 is 0 Å². The van der Waals surface area contributed by atoms with Gasteiger partial charge in [-0.05, 0) is 30.7 Å². The molecule has 3 rings (SSSR count). The second kappa shape index (κ2) is 5.40. The number of aldehydes is 1. The zero-order valence-corrected chi connectivity index (χ0v) is 11.7. The predicted octanol–water partition coefficient (Wildman–Crippen LogP) is 2.81. The van der Waals surface area contributed by atoms with Crippen LogP contribution in [0.1, 0.15) is 22.8 Å². The maximum Gasteiger partial charge on any atom is 0.268 e. The number of hydrogen-bond donors (Lipinski definition) is 0. The van der Waals surface area contributed by atoms with Crippen molar-refractivity contribution in [2.45, 2.75) is 19.6 Å². The first-order valence-electron chi connectivity index (χ1n) is 6.80. The summed E-state index contributed by atoms with van der Waals surface area (Å²) in [7, 11) is 0. The predicted molar refractivity (Wildman–Crippen MR) is 79.6 cm³/mol. The molecule has 1 aliphatic rings. The van der Waals surface area contributed by atoms with Gasteiger partial charge in [0.05, 0.1) is 12.2 Å². The molecule has 1 heterocycles. The zero-order valence-electron chi connectivity index (χ0n) is 11.7. The van der Waals surface area contributed by atoms with Crippen LogP contribution >= 0.6 is 0 Å². The fourth-order valence-electron chi connectivity index (χ4n) is 2.43. The summed E-state index contributed by atoms with van der Waals surface area (Å²) in [6.45, 7) is 2.19. The van der Waals surface area contributed by atoms with E-state index in [1.165, 1.54) is 0 Å². The van der Waals surface area contributed by atoms with Gasteiger partial charge in [-0.2, -0.15) is 0 Å². The summed E-state index contributed by atoms with van der Waals surface area (Å²) >= 11 is 0. The number of fused-ring (bicyclic) bond motifs is 1. The van der Waals surface area contributed by atoms with Crippen LogP contribution in [-0.4, -0.2) is 18.3 Å². The third-order valence-electron chi connectivity index (χ3n) is 3.51. The maximum atomic E-state index is 12.4. The van der Waals surface area contributed by atoms with Crippen molar-refractivity contribution in [3.63, 3.8) is 0 Å². The number of nitrogens with zero attached hydrogens (tertiary/aromatic N) is 1. The second-order valence-electron chi connectivity index (χ2n) is 5.02. The molecule has 0 N–H and O–H groups in total. The van der Waals surface area contributed by atoms with E-state index in [9.17, 15) is 9.59 Å². The molecular formula is C17H15NO3. The number of benzene rings is 2. The van der Waals surface area contributed by atoms with Crippen LogP contribution in [0.2, 0.25) is 0 Å². The summed E-state index contributed by atoms with van der Waals surface area (Å²) in [5.74, 6) is 0.526. The largest absolute Gasteiger partial charge is 0.479 e. The Morgan fingerprint density at radius 2 is 1.95 bits per heavy atom. The third kappa shape index (κ3) is 2.52. The van der Waals surface area contributed by atoms with Crippen molar-refractivity contribution in [3.8, 4) is 5.75 Å². The van der Waals surface area contributed by atoms with Crippen LogP contribution in [0, 0.1) is 0 Å². The van der Waals surface area contributed by atoms with Crippen molar-refractivity contribution in [3.05, 3.63) is 59.7 Å². The van der Waals surface area contributed by atoms with Gasteiger partial charge >= 0.3 is 0 Å². The smallest absolute Gasteiger partial charge is 0.268 e. The average Bonchev–Trinajstić information content (AvgIpc) is 2.52. The molecule has 0 radical (unpaired) electrons. The first kappa shape index (κ1) is 13.4. The lowest BCUT2D eigenvalue weighted by molar-refractivity contribution is -0.125. The second-order valence-corrected chi connectivity index (χ2v) is 5.02. The SMILES string of the molecule is CC1Oc2ccc(C=O)cc2N(Cc2ccccc2)C1=O. The van der Waals surface area contributed by atoms with Gasteiger partial charge in [0, 0.05) is 5.56 Å². The molecule has 1 unspecified atom stereocenters. The number of carbonyl (C=O) groups is 2. The van der Waals surface area contributed by atoms with Crippen LogP contribution in [0.3, 0.4) is 0 Å². The minimum Gasteiger partial charge on any atom is -0.479 e. The van der Waals surface area contributed by atoms with Gasteiger partial charge in [0.25, 0.3) is 5.91 Å². The number of carbonyl (C=O) groups excluding carboxylic acids is 2. The minimum absolute atomic E-state index is 0.102. The molecule has 0 aromatic heterocycles. The molecule has 21 heavy (non-hydrogen) atoms. The molecule has 1 atom stereocenters. The van der Waals surface area contributed by atoms with E-state index in [2.05, 4.69) is 0 Å². The molecule has 0 bridgehead atoms. The lowest BCUT2D eigenvalue weighted by atomic mass is 10.1. The summed E-state index contributed by atoms with van der Waals surface area (Å²) in [4.78, 5) is 25.0. The van der Waals surface area contributed by atoms with Crippen molar-refractivity contribution in [2.24, 2.45) is 0 Å². The van der Waals surface area contributed by atoms with Crippen LogP contribution in [0.5, 0.6) is 5.75 Å². The summed E-state index contributed by atoms with van der Waals surface area (Å²) in [5.41, 5.74) is 2.20. The fourth-order valence-corrected chi connectivity index (χ4v) is 2.43. The third-order valence-corrected chi connectivity index (χ3v) is 3.51. The molecule has 0 spiro atoms. The molecule has 4 nitrogen and oxygen atoms in total. The molecule has 0 aliphatic carbocycles. The Hall–Kier alpha value is -2.62. The number of ether oxygens (including phenoxy) is 1. The highest BCUT2D eigenvalue weighted by Gasteiger charge is 2.31. The molecule has 0 saturated carbocycles. The molecule has 106 valence electrons. The van der Waals surface area contributed by atoms with Crippen LogP contribution in [0.15, 0.2) is 48.5 Å². The monoisotopic (exact) mass is 281 g/mol. The van der Waals surface area contributed by atoms with Crippen molar-refractivity contribution in [1.29, 1.82) is 0 Å². The van der Waals surface area contributed by atoms with Gasteiger partial charge in [0.15, 0.2) is 6.10 Å². The van der Waals surface area contributed by atoms with Crippen molar-refractivity contribution < 1.29 is 14.3 Å². The van der Waals surface area contributed by atoms with Gasteiger partial charge in [0.2, 0.25) is 0 Å². The Morgan fingerprint density at radius 1 is 1.19 bits per heavy atom. The maximum absolute atomic E-state index is 12.4. The van der Waals surface area contributed by atoms with Crippen LogP contribution in [-0.2, 0) is 11.3 Å². The molecule has 0 saturated heterocycles. The Morgan fingerprint density at radius 3 is 2.67 bits per heavy atom. The Labute approximate surface area is 123 Å². The van der Waals surface area contributed by atoms with E-state index in [1.807, 2.05) is 30.3 Å². The quantitative estimate of drug-likeness (QED) is 0.813.